The van der Waals surface area contributed by atoms with Gasteiger partial charge in [0.2, 0.25) is 0 Å². The van der Waals surface area contributed by atoms with Crippen LogP contribution in [0.3, 0.4) is 0 Å². The summed E-state index contributed by atoms with van der Waals surface area (Å²) in [5.74, 6) is -1.30. The van der Waals surface area contributed by atoms with Gasteiger partial charge in [0.1, 0.15) is 12.4 Å². The Balaban J connectivity index is 1.97. The van der Waals surface area contributed by atoms with Crippen LogP contribution in [0.4, 0.5) is 5.69 Å². The number of amides is 1. The highest BCUT2D eigenvalue weighted by molar-refractivity contribution is 6.03. The van der Waals surface area contributed by atoms with Crippen molar-refractivity contribution in [3.05, 3.63) is 40.6 Å². The number of hydrogen-bond donors (Lipinski definition) is 0. The van der Waals surface area contributed by atoms with E-state index in [1.807, 2.05) is 11.8 Å². The molecule has 8 nitrogen and oxygen atoms in total. The normalized spacial score (nSPS) is 17.0. The van der Waals surface area contributed by atoms with Crippen LogP contribution in [0.1, 0.15) is 28.8 Å². The number of aryl methyl sites for hydroxylation is 1. The molecule has 1 amide bonds. The molecular weight excluding hydrogens is 364 g/mol. The summed E-state index contributed by atoms with van der Waals surface area (Å²) >= 11 is 0. The summed E-state index contributed by atoms with van der Waals surface area (Å²) in [4.78, 5) is 40.5. The van der Waals surface area contributed by atoms with Crippen molar-refractivity contribution >= 4 is 23.5 Å². The topological polar surface area (TPSA) is 85.4 Å². The molecule has 150 valence electrons. The lowest BCUT2D eigenvalue weighted by atomic mass is 10.1. The van der Waals surface area contributed by atoms with Gasteiger partial charge in [-0.25, -0.2) is 9.59 Å². The van der Waals surface area contributed by atoms with Gasteiger partial charge in [0.25, 0.3) is 5.91 Å². The molecule has 0 atom stereocenters. The zero-order valence-electron chi connectivity index (χ0n) is 16.3. The van der Waals surface area contributed by atoms with Crippen molar-refractivity contribution < 1.29 is 28.6 Å². The number of nitrogens with zero attached hydrogens (tertiary/aromatic N) is 2. The van der Waals surface area contributed by atoms with E-state index < -0.39 is 11.9 Å². The number of methoxy groups -OCH3 is 2. The quantitative estimate of drug-likeness (QED) is 0.725. The number of carbonyl (C=O) groups is 3. The Labute approximate surface area is 163 Å². The second-order valence-electron chi connectivity index (χ2n) is 6.72. The Morgan fingerprint density at radius 2 is 1.71 bits per heavy atom. The third kappa shape index (κ3) is 3.73. The SMILES string of the molecule is COC(=O)C1=C(C(=O)OC)N(c2ccc(C(=O)N3CCCC3)cc2C)COC1. The summed E-state index contributed by atoms with van der Waals surface area (Å²) < 4.78 is 15.1. The molecule has 0 unspecified atom stereocenters. The summed E-state index contributed by atoms with van der Waals surface area (Å²) in [6, 6.07) is 5.27. The van der Waals surface area contributed by atoms with Crippen LogP contribution in [0.25, 0.3) is 0 Å². The third-order valence-corrected chi connectivity index (χ3v) is 4.96. The van der Waals surface area contributed by atoms with Crippen molar-refractivity contribution in [2.24, 2.45) is 0 Å². The minimum Gasteiger partial charge on any atom is -0.466 e. The molecule has 2 heterocycles. The second kappa shape index (κ2) is 8.43. The van der Waals surface area contributed by atoms with Crippen molar-refractivity contribution in [3.63, 3.8) is 0 Å². The van der Waals surface area contributed by atoms with Crippen LogP contribution < -0.4 is 4.90 Å². The zero-order chi connectivity index (χ0) is 20.3. The first kappa shape index (κ1) is 19.9. The van der Waals surface area contributed by atoms with E-state index in [2.05, 4.69) is 0 Å². The summed E-state index contributed by atoms with van der Waals surface area (Å²) in [6.07, 6.45) is 2.05. The van der Waals surface area contributed by atoms with Gasteiger partial charge in [-0.15, -0.1) is 0 Å². The first-order valence-electron chi connectivity index (χ1n) is 9.13. The van der Waals surface area contributed by atoms with Crippen molar-refractivity contribution in [3.8, 4) is 0 Å². The van der Waals surface area contributed by atoms with Gasteiger partial charge in [-0.05, 0) is 43.5 Å². The summed E-state index contributed by atoms with van der Waals surface area (Å²) in [6.45, 7) is 3.43. The Morgan fingerprint density at radius 1 is 1.04 bits per heavy atom. The van der Waals surface area contributed by atoms with Crippen molar-refractivity contribution in [2.75, 3.05) is 45.5 Å². The van der Waals surface area contributed by atoms with E-state index in [0.29, 0.717) is 11.3 Å². The summed E-state index contributed by atoms with van der Waals surface area (Å²) in [7, 11) is 2.50. The zero-order valence-corrected chi connectivity index (χ0v) is 16.3. The molecule has 1 aromatic carbocycles. The Bertz CT molecular complexity index is 826. The van der Waals surface area contributed by atoms with Crippen LogP contribution in [-0.4, -0.2) is 63.4 Å². The lowest BCUT2D eigenvalue weighted by molar-refractivity contribution is -0.140. The fourth-order valence-electron chi connectivity index (χ4n) is 3.53. The van der Waals surface area contributed by atoms with Gasteiger partial charge in [0.15, 0.2) is 0 Å². The maximum Gasteiger partial charge on any atom is 0.355 e. The van der Waals surface area contributed by atoms with E-state index >= 15 is 0 Å². The Morgan fingerprint density at radius 3 is 2.32 bits per heavy atom. The van der Waals surface area contributed by atoms with Crippen molar-refractivity contribution in [1.82, 2.24) is 4.90 Å². The lowest BCUT2D eigenvalue weighted by Gasteiger charge is -2.32. The maximum atomic E-state index is 12.6. The minimum absolute atomic E-state index is 0.000951. The highest BCUT2D eigenvalue weighted by Gasteiger charge is 2.33. The number of rotatable bonds is 4. The number of hydrogen-bond acceptors (Lipinski definition) is 7. The molecule has 28 heavy (non-hydrogen) atoms. The number of ether oxygens (including phenoxy) is 3. The largest absolute Gasteiger partial charge is 0.466 e. The predicted molar refractivity (Wildman–Crippen MR) is 101 cm³/mol. The Hall–Kier alpha value is -2.87. The van der Waals surface area contributed by atoms with Crippen LogP contribution in [0, 0.1) is 6.92 Å². The number of likely N-dealkylation sites (tertiary alicyclic amines) is 1. The van der Waals surface area contributed by atoms with Crippen LogP contribution >= 0.6 is 0 Å². The van der Waals surface area contributed by atoms with Crippen LogP contribution in [0.15, 0.2) is 29.5 Å². The second-order valence-corrected chi connectivity index (χ2v) is 6.72. The fraction of sp³-hybridized carbons (Fsp3) is 0.450. The third-order valence-electron chi connectivity index (χ3n) is 4.96. The maximum absolute atomic E-state index is 12.6. The molecule has 0 saturated carbocycles. The van der Waals surface area contributed by atoms with Crippen molar-refractivity contribution in [2.45, 2.75) is 19.8 Å². The number of carbonyl (C=O) groups excluding carboxylic acids is 3. The summed E-state index contributed by atoms with van der Waals surface area (Å²) in [5, 5.41) is 0. The van der Waals surface area contributed by atoms with Crippen LogP contribution in [-0.2, 0) is 23.8 Å². The van der Waals surface area contributed by atoms with E-state index in [4.69, 9.17) is 14.2 Å². The smallest absolute Gasteiger partial charge is 0.355 e. The van der Waals surface area contributed by atoms with E-state index in [1.54, 1.807) is 23.1 Å². The lowest BCUT2D eigenvalue weighted by Crippen LogP contribution is -2.39. The van der Waals surface area contributed by atoms with Gasteiger partial charge in [0.05, 0.1) is 26.4 Å². The monoisotopic (exact) mass is 388 g/mol. The van der Waals surface area contributed by atoms with Crippen LogP contribution in [0.2, 0.25) is 0 Å². The summed E-state index contributed by atoms with van der Waals surface area (Å²) in [5.41, 5.74) is 2.21. The highest BCUT2D eigenvalue weighted by Crippen LogP contribution is 2.30. The first-order valence-corrected chi connectivity index (χ1v) is 9.13. The molecule has 0 spiro atoms. The van der Waals surface area contributed by atoms with E-state index in [-0.39, 0.29) is 30.5 Å². The standard InChI is InChI=1S/C20H24N2O6/c1-13-10-14(18(23)21-8-4-5-9-21)6-7-16(13)22-12-28-11-15(19(24)26-2)17(22)20(25)27-3/h6-7,10H,4-5,8-9,11-12H2,1-3H3. The van der Waals surface area contributed by atoms with Crippen molar-refractivity contribution in [1.29, 1.82) is 0 Å². The fourth-order valence-corrected chi connectivity index (χ4v) is 3.53. The van der Waals surface area contributed by atoms with E-state index in [9.17, 15) is 14.4 Å². The molecule has 0 aromatic heterocycles. The molecule has 0 radical (unpaired) electrons. The first-order chi connectivity index (χ1) is 13.5. The number of anilines is 1. The predicted octanol–water partition coefficient (Wildman–Crippen LogP) is 1.63. The molecule has 1 fully saturated rings. The molecular formula is C20H24N2O6. The number of benzene rings is 1. The molecule has 0 bridgehead atoms. The van der Waals surface area contributed by atoms with Gasteiger partial charge in [-0.1, -0.05) is 0 Å². The minimum atomic E-state index is -0.652. The number of esters is 2. The van der Waals surface area contributed by atoms with E-state index in [1.165, 1.54) is 14.2 Å². The van der Waals surface area contributed by atoms with Crippen LogP contribution in [0.5, 0.6) is 0 Å². The molecule has 2 aliphatic rings. The van der Waals surface area contributed by atoms with Gasteiger partial charge in [-0.3, -0.25) is 4.79 Å². The molecule has 0 aliphatic carbocycles. The molecule has 0 N–H and O–H groups in total. The molecule has 1 saturated heterocycles. The van der Waals surface area contributed by atoms with E-state index in [0.717, 1.165) is 31.5 Å². The average molecular weight is 388 g/mol. The molecule has 3 rings (SSSR count). The van der Waals surface area contributed by atoms with Gasteiger partial charge < -0.3 is 24.0 Å². The molecule has 1 aromatic rings. The van der Waals surface area contributed by atoms with Gasteiger partial charge in [0, 0.05) is 24.3 Å². The highest BCUT2D eigenvalue weighted by atomic mass is 16.5. The Kier molecular flexibility index (Phi) is 5.99. The van der Waals surface area contributed by atoms with Gasteiger partial charge >= 0.3 is 11.9 Å². The molecule has 8 heteroatoms. The van der Waals surface area contributed by atoms with Gasteiger partial charge in [-0.2, -0.15) is 0 Å². The molecule has 2 aliphatic heterocycles. The average Bonchev–Trinajstić information content (AvgIpc) is 3.26.